The van der Waals surface area contributed by atoms with Gasteiger partial charge in [-0.15, -0.1) is 0 Å². The number of rotatable bonds is 5. The van der Waals surface area contributed by atoms with E-state index in [2.05, 4.69) is 5.32 Å². The number of furan rings is 1. The number of carbonyl (C=O) groups is 2. The molecule has 1 atom stereocenters. The third-order valence-corrected chi connectivity index (χ3v) is 7.39. The van der Waals surface area contributed by atoms with Gasteiger partial charge in [0.15, 0.2) is 0 Å². The molecule has 1 aliphatic heterocycles. The molecular weight excluding hydrogens is 426 g/mol. The van der Waals surface area contributed by atoms with Gasteiger partial charge in [0, 0.05) is 12.6 Å². The van der Waals surface area contributed by atoms with Crippen LogP contribution in [0.3, 0.4) is 0 Å². The van der Waals surface area contributed by atoms with Crippen LogP contribution < -0.4 is 5.32 Å². The molecule has 1 fully saturated rings. The molecule has 1 aromatic carbocycles. The van der Waals surface area contributed by atoms with Gasteiger partial charge in [-0.1, -0.05) is 62.4 Å². The van der Waals surface area contributed by atoms with Crippen molar-refractivity contribution in [2.75, 3.05) is 0 Å². The van der Waals surface area contributed by atoms with Crippen LogP contribution in [0.1, 0.15) is 67.9 Å². The number of nitrogens with zero attached hydrogens (tertiary/aromatic N) is 2. The summed E-state index contributed by atoms with van der Waals surface area (Å²) < 4.78 is 7.58. The van der Waals surface area contributed by atoms with E-state index >= 15 is 0 Å². The van der Waals surface area contributed by atoms with Gasteiger partial charge in [0.25, 0.3) is 5.91 Å². The maximum atomic E-state index is 13.9. The average molecular weight is 460 g/mol. The fourth-order valence-corrected chi connectivity index (χ4v) is 5.37. The van der Waals surface area contributed by atoms with Crippen molar-refractivity contribution >= 4 is 11.8 Å². The first kappa shape index (κ1) is 22.5. The molecule has 3 aromatic rings. The van der Waals surface area contributed by atoms with E-state index < -0.39 is 5.54 Å². The molecule has 0 bridgehead atoms. The second kappa shape index (κ2) is 9.53. The molecule has 5 rings (SSSR count). The Balaban J connectivity index is 1.49. The second-order valence-corrected chi connectivity index (χ2v) is 9.83. The summed E-state index contributed by atoms with van der Waals surface area (Å²) in [7, 11) is 0. The molecule has 0 radical (unpaired) electrons. The highest BCUT2D eigenvalue weighted by Gasteiger charge is 2.48. The van der Waals surface area contributed by atoms with Gasteiger partial charge in [-0.05, 0) is 49.6 Å². The smallest absolute Gasteiger partial charge is 0.271 e. The highest BCUT2D eigenvalue weighted by molar-refractivity contribution is 6.00. The fraction of sp³-hybridized carbons (Fsp3) is 0.429. The van der Waals surface area contributed by atoms with Crippen LogP contribution in [0.5, 0.6) is 0 Å². The van der Waals surface area contributed by atoms with Gasteiger partial charge < -0.3 is 19.2 Å². The number of amides is 2. The molecule has 178 valence electrons. The first-order valence-electron chi connectivity index (χ1n) is 12.5. The minimum atomic E-state index is -1.03. The Hall–Kier alpha value is -3.28. The molecule has 1 aliphatic carbocycles. The SMILES string of the molecule is C[C@]1(C(=O)NC2CCCCCCC2)Cn2c(ccc2-c2ccco2)C(=O)N1Cc1ccccc1. The zero-order chi connectivity index (χ0) is 23.5. The van der Waals surface area contributed by atoms with Gasteiger partial charge in [0.2, 0.25) is 5.91 Å². The lowest BCUT2D eigenvalue weighted by molar-refractivity contribution is -0.134. The molecule has 6 heteroatoms. The van der Waals surface area contributed by atoms with E-state index in [1.54, 1.807) is 11.2 Å². The van der Waals surface area contributed by atoms with E-state index in [0.29, 0.717) is 24.5 Å². The summed E-state index contributed by atoms with van der Waals surface area (Å²) >= 11 is 0. The number of carbonyl (C=O) groups excluding carboxylic acids is 2. The molecule has 2 aromatic heterocycles. The fourth-order valence-electron chi connectivity index (χ4n) is 5.37. The number of hydrogen-bond acceptors (Lipinski definition) is 3. The number of nitrogens with one attached hydrogen (secondary N) is 1. The Bertz CT molecular complexity index is 1130. The molecule has 2 amide bonds. The molecule has 1 N–H and O–H groups in total. The molecule has 2 aliphatic rings. The van der Waals surface area contributed by atoms with Crippen LogP contribution in [0.15, 0.2) is 65.3 Å². The Morgan fingerprint density at radius 3 is 2.38 bits per heavy atom. The largest absolute Gasteiger partial charge is 0.463 e. The highest BCUT2D eigenvalue weighted by atomic mass is 16.3. The minimum Gasteiger partial charge on any atom is -0.463 e. The molecule has 0 unspecified atom stereocenters. The van der Waals surface area contributed by atoms with Crippen molar-refractivity contribution in [2.45, 2.75) is 76.5 Å². The van der Waals surface area contributed by atoms with Crippen LogP contribution in [-0.2, 0) is 17.9 Å². The predicted molar refractivity (Wildman–Crippen MR) is 131 cm³/mol. The summed E-state index contributed by atoms with van der Waals surface area (Å²) in [5.74, 6) is 0.480. The van der Waals surface area contributed by atoms with Crippen molar-refractivity contribution in [1.82, 2.24) is 14.8 Å². The first-order valence-corrected chi connectivity index (χ1v) is 12.5. The van der Waals surface area contributed by atoms with Crippen molar-refractivity contribution in [3.63, 3.8) is 0 Å². The molecule has 0 spiro atoms. The standard InChI is InChI=1S/C28H33N3O3/c1-28(27(33)29-22-13-8-3-2-4-9-14-22)20-30-23(25-15-10-18-34-25)16-17-24(30)26(32)31(28)19-21-11-6-5-7-12-21/h5-7,10-12,15-18,22H,2-4,8-9,13-14,19-20H2,1H3,(H,29,33)/t28-/m1/s1. The second-order valence-electron chi connectivity index (χ2n) is 9.83. The van der Waals surface area contributed by atoms with Gasteiger partial charge >= 0.3 is 0 Å². The van der Waals surface area contributed by atoms with Gasteiger partial charge in [-0.3, -0.25) is 9.59 Å². The van der Waals surface area contributed by atoms with Crippen LogP contribution in [0.25, 0.3) is 11.5 Å². The zero-order valence-electron chi connectivity index (χ0n) is 19.8. The van der Waals surface area contributed by atoms with E-state index in [1.807, 2.05) is 66.1 Å². The third kappa shape index (κ3) is 4.29. The average Bonchev–Trinajstić information content (AvgIpc) is 3.49. The van der Waals surface area contributed by atoms with E-state index in [4.69, 9.17) is 4.42 Å². The maximum absolute atomic E-state index is 13.9. The van der Waals surface area contributed by atoms with Gasteiger partial charge in [0.1, 0.15) is 17.0 Å². The number of hydrogen-bond donors (Lipinski definition) is 1. The Morgan fingerprint density at radius 2 is 1.68 bits per heavy atom. The van der Waals surface area contributed by atoms with Crippen LogP contribution in [0, 0.1) is 0 Å². The number of benzene rings is 1. The Labute approximate surface area is 200 Å². The van der Waals surface area contributed by atoms with E-state index in [1.165, 1.54) is 19.3 Å². The molecule has 3 heterocycles. The summed E-state index contributed by atoms with van der Waals surface area (Å²) in [6.45, 7) is 2.67. The van der Waals surface area contributed by atoms with Crippen LogP contribution >= 0.6 is 0 Å². The normalized spacial score (nSPS) is 21.6. The van der Waals surface area contributed by atoms with E-state index in [-0.39, 0.29) is 17.9 Å². The summed E-state index contributed by atoms with van der Waals surface area (Å²) in [5, 5.41) is 3.34. The highest BCUT2D eigenvalue weighted by Crippen LogP contribution is 2.34. The molecule has 0 saturated heterocycles. The van der Waals surface area contributed by atoms with Gasteiger partial charge in [-0.2, -0.15) is 0 Å². The number of aromatic nitrogens is 1. The van der Waals surface area contributed by atoms with Crippen LogP contribution in [-0.4, -0.2) is 32.9 Å². The lowest BCUT2D eigenvalue weighted by Crippen LogP contribution is -2.64. The van der Waals surface area contributed by atoms with Crippen LogP contribution in [0.4, 0.5) is 0 Å². The summed E-state index contributed by atoms with van der Waals surface area (Å²) in [4.78, 5) is 29.5. The summed E-state index contributed by atoms with van der Waals surface area (Å²) in [6, 6.07) is 17.5. The zero-order valence-corrected chi connectivity index (χ0v) is 19.8. The van der Waals surface area contributed by atoms with Gasteiger partial charge in [0.05, 0.1) is 18.5 Å². The Morgan fingerprint density at radius 1 is 0.971 bits per heavy atom. The topological polar surface area (TPSA) is 67.5 Å². The molecule has 34 heavy (non-hydrogen) atoms. The molecule has 6 nitrogen and oxygen atoms in total. The number of fused-ring (bicyclic) bond motifs is 1. The van der Waals surface area contributed by atoms with Crippen molar-refractivity contribution < 1.29 is 14.0 Å². The predicted octanol–water partition coefficient (Wildman–Crippen LogP) is 5.39. The third-order valence-electron chi connectivity index (χ3n) is 7.39. The Kier molecular flexibility index (Phi) is 6.31. The van der Waals surface area contributed by atoms with E-state index in [9.17, 15) is 9.59 Å². The summed E-state index contributed by atoms with van der Waals surface area (Å²) in [5.41, 5.74) is 1.38. The van der Waals surface area contributed by atoms with Gasteiger partial charge in [-0.25, -0.2) is 0 Å². The monoisotopic (exact) mass is 459 g/mol. The first-order chi connectivity index (χ1) is 16.6. The quantitative estimate of drug-likeness (QED) is 0.556. The van der Waals surface area contributed by atoms with Crippen molar-refractivity contribution in [3.05, 3.63) is 72.1 Å². The molecule has 1 saturated carbocycles. The van der Waals surface area contributed by atoms with Crippen molar-refractivity contribution in [1.29, 1.82) is 0 Å². The minimum absolute atomic E-state index is 0.0768. The van der Waals surface area contributed by atoms with Crippen LogP contribution in [0.2, 0.25) is 0 Å². The lowest BCUT2D eigenvalue weighted by atomic mass is 9.91. The van der Waals surface area contributed by atoms with Crippen molar-refractivity contribution in [2.24, 2.45) is 0 Å². The molecular formula is C28H33N3O3. The summed E-state index contributed by atoms with van der Waals surface area (Å²) in [6.07, 6.45) is 9.63. The maximum Gasteiger partial charge on any atom is 0.271 e. The van der Waals surface area contributed by atoms with E-state index in [0.717, 1.165) is 36.9 Å². The van der Waals surface area contributed by atoms with Crippen molar-refractivity contribution in [3.8, 4) is 11.5 Å². The lowest BCUT2D eigenvalue weighted by Gasteiger charge is -2.45.